The summed E-state index contributed by atoms with van der Waals surface area (Å²) < 4.78 is 11.9. The number of rotatable bonds is 7. The maximum atomic E-state index is 12.6. The molecule has 1 saturated heterocycles. The van der Waals surface area contributed by atoms with Crippen LogP contribution in [0.1, 0.15) is 104 Å². The molecule has 244 valence electrons. The minimum atomic E-state index is -0.462. The van der Waals surface area contributed by atoms with E-state index in [1.54, 1.807) is 0 Å². The highest BCUT2D eigenvalue weighted by atomic mass is 32.1. The lowest BCUT2D eigenvalue weighted by Crippen LogP contribution is -2.42. The Bertz CT molecular complexity index is 1470. The average Bonchev–Trinajstić information content (AvgIpc) is 3.35. The fourth-order valence-electron chi connectivity index (χ4n) is 6.46. The number of thiophene rings is 1. The molecule has 1 aromatic carbocycles. The summed E-state index contributed by atoms with van der Waals surface area (Å²) in [6, 6.07) is 12.4. The van der Waals surface area contributed by atoms with Crippen molar-refractivity contribution in [1.29, 1.82) is 0 Å². The van der Waals surface area contributed by atoms with Gasteiger partial charge in [-0.25, -0.2) is 9.78 Å². The van der Waals surface area contributed by atoms with Crippen LogP contribution in [-0.4, -0.2) is 46.1 Å². The standard InChI is InChI=1S/C36H47N3O3S.C2H6/c1-23-20-24(2)37-34(41-22-28-12-10-9-11-13-28)30(23)21-39-19-16-31-32(27(39)5)26(4)33(43-31)25(3)29-14-17-38(18-15-29)35(40)42-36(6,7)8;1-2/h9-13,20,25,29H,5,14-19,21-22H2,1-4,6-8H3;1-2H3/t25-;/m1./s1. The minimum Gasteiger partial charge on any atom is -0.473 e. The van der Waals surface area contributed by atoms with Crippen LogP contribution in [0.25, 0.3) is 5.70 Å². The molecule has 0 unspecified atom stereocenters. The Kier molecular flexibility index (Phi) is 11.4. The highest BCUT2D eigenvalue weighted by Gasteiger charge is 2.33. The van der Waals surface area contributed by atoms with Crippen LogP contribution >= 0.6 is 11.3 Å². The number of hydrogen-bond acceptors (Lipinski definition) is 6. The van der Waals surface area contributed by atoms with Crippen molar-refractivity contribution < 1.29 is 14.3 Å². The molecule has 4 heterocycles. The quantitative estimate of drug-likeness (QED) is 0.260. The molecule has 45 heavy (non-hydrogen) atoms. The SMILES string of the molecule is C=C1c2c(sc([C@H](C)C3CCN(C(=O)OC(C)(C)C)CC3)c2C)CCN1Cc1c(C)cc(C)nc1OCc1ccccc1.CC. The fourth-order valence-corrected chi connectivity index (χ4v) is 7.93. The Morgan fingerprint density at radius 3 is 2.40 bits per heavy atom. The Balaban J connectivity index is 0.00000226. The molecule has 0 bridgehead atoms. The molecule has 0 radical (unpaired) electrons. The van der Waals surface area contributed by atoms with Crippen LogP contribution in [0.5, 0.6) is 5.88 Å². The van der Waals surface area contributed by atoms with Gasteiger partial charge in [0.05, 0.1) is 0 Å². The van der Waals surface area contributed by atoms with E-state index in [4.69, 9.17) is 14.5 Å². The smallest absolute Gasteiger partial charge is 0.410 e. The van der Waals surface area contributed by atoms with Crippen molar-refractivity contribution in [3.63, 3.8) is 0 Å². The highest BCUT2D eigenvalue weighted by Crippen LogP contribution is 2.45. The lowest BCUT2D eigenvalue weighted by molar-refractivity contribution is 0.0176. The van der Waals surface area contributed by atoms with Gasteiger partial charge in [-0.1, -0.05) is 57.7 Å². The highest BCUT2D eigenvalue weighted by molar-refractivity contribution is 7.12. The Morgan fingerprint density at radius 2 is 1.76 bits per heavy atom. The first-order valence-electron chi connectivity index (χ1n) is 16.6. The van der Waals surface area contributed by atoms with Crippen LogP contribution < -0.4 is 4.74 Å². The van der Waals surface area contributed by atoms with E-state index in [1.807, 2.05) is 76.0 Å². The molecule has 0 saturated carbocycles. The van der Waals surface area contributed by atoms with Crippen molar-refractivity contribution in [3.05, 3.63) is 86.2 Å². The number of nitrogens with zero attached hydrogens (tertiary/aromatic N) is 3. The zero-order valence-electron chi connectivity index (χ0n) is 29.0. The summed E-state index contributed by atoms with van der Waals surface area (Å²) in [4.78, 5) is 24.6. The molecule has 0 N–H and O–H groups in total. The number of benzene rings is 1. The minimum absolute atomic E-state index is 0.189. The number of likely N-dealkylation sites (tertiary alicyclic amines) is 1. The zero-order chi connectivity index (χ0) is 32.9. The van der Waals surface area contributed by atoms with E-state index in [1.165, 1.54) is 26.4 Å². The van der Waals surface area contributed by atoms with Gasteiger partial charge < -0.3 is 19.3 Å². The third-order valence-electron chi connectivity index (χ3n) is 8.85. The Morgan fingerprint density at radius 1 is 1.09 bits per heavy atom. The molecule has 2 aromatic heterocycles. The van der Waals surface area contributed by atoms with Gasteiger partial charge in [-0.2, -0.15) is 0 Å². The molecule has 2 aliphatic rings. The van der Waals surface area contributed by atoms with Gasteiger partial charge in [-0.15, -0.1) is 11.3 Å². The normalized spacial score (nSPS) is 16.1. The number of carbonyl (C=O) groups is 1. The molecule has 1 fully saturated rings. The molecule has 1 atom stereocenters. The van der Waals surface area contributed by atoms with E-state index in [0.717, 1.165) is 68.0 Å². The monoisotopic (exact) mass is 631 g/mol. The van der Waals surface area contributed by atoms with Crippen LogP contribution in [0, 0.1) is 26.7 Å². The summed E-state index contributed by atoms with van der Waals surface area (Å²) in [7, 11) is 0. The third kappa shape index (κ3) is 8.29. The van der Waals surface area contributed by atoms with E-state index in [2.05, 4.69) is 50.4 Å². The molecule has 0 aliphatic carbocycles. The molecule has 0 spiro atoms. The van der Waals surface area contributed by atoms with E-state index < -0.39 is 5.60 Å². The molecule has 7 heteroatoms. The second-order valence-electron chi connectivity index (χ2n) is 13.2. The van der Waals surface area contributed by atoms with Crippen LogP contribution in [-0.2, 0) is 24.3 Å². The van der Waals surface area contributed by atoms with Gasteiger partial charge in [-0.05, 0) is 95.4 Å². The van der Waals surface area contributed by atoms with Crippen molar-refractivity contribution in [1.82, 2.24) is 14.8 Å². The first-order valence-corrected chi connectivity index (χ1v) is 17.4. The topological polar surface area (TPSA) is 54.9 Å². The van der Waals surface area contributed by atoms with Crippen molar-refractivity contribution in [2.24, 2.45) is 5.92 Å². The van der Waals surface area contributed by atoms with Crippen LogP contribution in [0.3, 0.4) is 0 Å². The van der Waals surface area contributed by atoms with E-state index in [9.17, 15) is 4.79 Å². The maximum absolute atomic E-state index is 12.6. The predicted molar refractivity (Wildman–Crippen MR) is 187 cm³/mol. The number of aromatic nitrogens is 1. The lowest BCUT2D eigenvalue weighted by Gasteiger charge is -2.35. The maximum Gasteiger partial charge on any atom is 0.410 e. The summed E-state index contributed by atoms with van der Waals surface area (Å²) in [5.74, 6) is 1.71. The van der Waals surface area contributed by atoms with E-state index in [-0.39, 0.29) is 6.09 Å². The van der Waals surface area contributed by atoms with Gasteiger partial charge in [0.1, 0.15) is 12.2 Å². The molecule has 5 rings (SSSR count). The number of piperidine rings is 1. The Hall–Kier alpha value is -3.32. The first kappa shape index (κ1) is 34.6. The van der Waals surface area contributed by atoms with E-state index in [0.29, 0.717) is 24.3 Å². The van der Waals surface area contributed by atoms with Gasteiger partial charge in [0.2, 0.25) is 5.88 Å². The number of carbonyl (C=O) groups excluding carboxylic acids is 1. The fraction of sp³-hybridized carbons (Fsp3) is 0.526. The van der Waals surface area contributed by atoms with Gasteiger partial charge in [0.25, 0.3) is 0 Å². The number of ether oxygens (including phenoxy) is 2. The molecule has 1 amide bonds. The second kappa shape index (κ2) is 14.8. The third-order valence-corrected chi connectivity index (χ3v) is 10.4. The summed E-state index contributed by atoms with van der Waals surface area (Å²) in [6.07, 6.45) is 2.83. The lowest BCUT2D eigenvalue weighted by atomic mass is 9.83. The van der Waals surface area contributed by atoms with Crippen LogP contribution in [0.2, 0.25) is 0 Å². The summed E-state index contributed by atoms with van der Waals surface area (Å²) >= 11 is 1.97. The van der Waals surface area contributed by atoms with Gasteiger partial charge in [0, 0.05) is 58.5 Å². The van der Waals surface area contributed by atoms with Crippen molar-refractivity contribution >= 4 is 23.1 Å². The number of amides is 1. The van der Waals surface area contributed by atoms with E-state index >= 15 is 0 Å². The number of hydrogen-bond donors (Lipinski definition) is 0. The van der Waals surface area contributed by atoms with Crippen molar-refractivity contribution in [2.75, 3.05) is 19.6 Å². The predicted octanol–water partition coefficient (Wildman–Crippen LogP) is 9.45. The zero-order valence-corrected chi connectivity index (χ0v) is 29.8. The molecule has 3 aromatic rings. The first-order chi connectivity index (χ1) is 21.4. The largest absolute Gasteiger partial charge is 0.473 e. The number of fused-ring (bicyclic) bond motifs is 1. The Labute approximate surface area is 275 Å². The number of pyridine rings is 1. The number of aryl methyl sites for hydroxylation is 2. The second-order valence-corrected chi connectivity index (χ2v) is 14.4. The molecule has 6 nitrogen and oxygen atoms in total. The van der Waals surface area contributed by atoms with Gasteiger partial charge >= 0.3 is 6.09 Å². The summed E-state index contributed by atoms with van der Waals surface area (Å²) in [5.41, 5.74) is 7.76. The van der Waals surface area contributed by atoms with Crippen LogP contribution in [0.4, 0.5) is 4.79 Å². The van der Waals surface area contributed by atoms with Crippen LogP contribution in [0.15, 0.2) is 43.0 Å². The van der Waals surface area contributed by atoms with Gasteiger partial charge in [0.15, 0.2) is 0 Å². The van der Waals surface area contributed by atoms with Crippen molar-refractivity contribution in [3.8, 4) is 5.88 Å². The van der Waals surface area contributed by atoms with Crippen molar-refractivity contribution in [2.45, 2.75) is 106 Å². The summed E-state index contributed by atoms with van der Waals surface area (Å²) in [5, 5.41) is 0. The summed E-state index contributed by atoms with van der Waals surface area (Å²) in [6.45, 7) is 26.9. The molecule has 2 aliphatic heterocycles. The molecular weight excluding hydrogens is 579 g/mol. The average molecular weight is 632 g/mol. The molecular formula is C38H53N3O3S. The van der Waals surface area contributed by atoms with Gasteiger partial charge in [-0.3, -0.25) is 0 Å².